The molecular formula is C8H11NO3S. The Morgan fingerprint density at radius 3 is 2.08 bits per heavy atom. The van der Waals surface area contributed by atoms with Gasteiger partial charge in [0, 0.05) is 7.05 Å². The van der Waals surface area contributed by atoms with Gasteiger partial charge < -0.3 is 0 Å². The summed E-state index contributed by atoms with van der Waals surface area (Å²) in [4.78, 5) is 11.5. The Morgan fingerprint density at radius 2 is 1.77 bits per heavy atom. The zero-order valence-corrected chi connectivity index (χ0v) is 8.55. The first-order chi connectivity index (χ1) is 5.96. The fourth-order valence-electron chi connectivity index (χ4n) is 1.24. The van der Waals surface area contributed by atoms with Gasteiger partial charge in [-0.3, -0.25) is 4.79 Å². The highest BCUT2D eigenvalue weighted by Crippen LogP contribution is 2.29. The van der Waals surface area contributed by atoms with E-state index >= 15 is 0 Å². The molecule has 1 heterocycles. The Hall–Kier alpha value is -1.10. The molecule has 1 rings (SSSR count). The number of hydrogen-bond acceptors (Lipinski definition) is 3. The second-order valence-corrected chi connectivity index (χ2v) is 4.57. The van der Waals surface area contributed by atoms with Gasteiger partial charge in [-0.1, -0.05) is 12.2 Å². The number of nitrogens with zero attached hydrogens (tertiary/aromatic N) is 1. The molecule has 0 atom stereocenters. The Bertz CT molecular complexity index is 403. The van der Waals surface area contributed by atoms with Gasteiger partial charge in [0.15, 0.2) is 0 Å². The zero-order chi connectivity index (χ0) is 10.2. The molecule has 0 radical (unpaired) electrons. The number of carbonyl (C=O) groups excluding carboxylic acids is 1. The molecule has 0 unspecified atom stereocenters. The number of rotatable bonds is 0. The average Bonchev–Trinajstić information content (AvgIpc) is 2.25. The van der Waals surface area contributed by atoms with Crippen LogP contribution >= 0.6 is 0 Å². The van der Waals surface area contributed by atoms with Gasteiger partial charge in [-0.25, -0.2) is 12.7 Å². The summed E-state index contributed by atoms with van der Waals surface area (Å²) in [6.07, 6.45) is 2.95. The topological polar surface area (TPSA) is 54.5 Å². The molecule has 0 spiro atoms. The molecule has 1 fully saturated rings. The van der Waals surface area contributed by atoms with Gasteiger partial charge in [-0.15, -0.1) is 0 Å². The molecule has 1 amide bonds. The fraction of sp³-hybridized carbons (Fsp3) is 0.375. The Kier molecular flexibility index (Phi) is 2.30. The summed E-state index contributed by atoms with van der Waals surface area (Å²) in [7, 11) is -2.29. The summed E-state index contributed by atoms with van der Waals surface area (Å²) in [5.74, 6) is -0.462. The molecule has 1 aliphatic rings. The van der Waals surface area contributed by atoms with Crippen LogP contribution in [0.5, 0.6) is 0 Å². The minimum atomic E-state index is -3.55. The van der Waals surface area contributed by atoms with Crippen molar-refractivity contribution in [3.63, 3.8) is 0 Å². The summed E-state index contributed by atoms with van der Waals surface area (Å²) in [6, 6.07) is 0. The van der Waals surface area contributed by atoms with Crippen LogP contribution in [-0.4, -0.2) is 25.7 Å². The number of allylic oxidation sites excluding steroid dienone is 2. The first-order valence-electron chi connectivity index (χ1n) is 3.83. The quantitative estimate of drug-likeness (QED) is 0.540. The summed E-state index contributed by atoms with van der Waals surface area (Å²) in [5, 5.41) is 0. The lowest BCUT2D eigenvalue weighted by Gasteiger charge is -2.04. The van der Waals surface area contributed by atoms with Crippen LogP contribution in [0.15, 0.2) is 22.6 Å². The Morgan fingerprint density at radius 1 is 1.23 bits per heavy atom. The molecule has 0 aromatic carbocycles. The van der Waals surface area contributed by atoms with Crippen molar-refractivity contribution < 1.29 is 13.2 Å². The van der Waals surface area contributed by atoms with E-state index in [1.54, 1.807) is 13.8 Å². The maximum atomic E-state index is 11.5. The van der Waals surface area contributed by atoms with Crippen LogP contribution in [0.3, 0.4) is 0 Å². The Labute approximate surface area is 77.6 Å². The number of likely N-dealkylation sites (N-methyl/N-ethyl adjacent to an activating group) is 1. The molecule has 0 aromatic rings. The molecular weight excluding hydrogens is 190 g/mol. The van der Waals surface area contributed by atoms with E-state index in [1.807, 2.05) is 0 Å². The molecule has 0 N–H and O–H groups in total. The van der Waals surface area contributed by atoms with Gasteiger partial charge in [-0.2, -0.15) is 0 Å². The smallest absolute Gasteiger partial charge is 0.268 e. The number of hydrogen-bond donors (Lipinski definition) is 0. The Balaban J connectivity index is 3.48. The zero-order valence-electron chi connectivity index (χ0n) is 7.73. The highest BCUT2D eigenvalue weighted by Gasteiger charge is 2.40. The molecule has 0 saturated carbocycles. The van der Waals surface area contributed by atoms with E-state index in [-0.39, 0.29) is 10.5 Å². The van der Waals surface area contributed by atoms with Crippen LogP contribution in [0.1, 0.15) is 13.8 Å². The van der Waals surface area contributed by atoms with Gasteiger partial charge in [0.05, 0.1) is 10.5 Å². The lowest BCUT2D eigenvalue weighted by Crippen LogP contribution is -2.24. The molecule has 0 aliphatic carbocycles. The lowest BCUT2D eigenvalue weighted by molar-refractivity contribution is -0.120. The highest BCUT2D eigenvalue weighted by molar-refractivity contribution is 7.94. The summed E-state index contributed by atoms with van der Waals surface area (Å²) >= 11 is 0. The highest BCUT2D eigenvalue weighted by atomic mass is 32.2. The first-order valence-corrected chi connectivity index (χ1v) is 5.27. The third-order valence-corrected chi connectivity index (χ3v) is 3.87. The maximum Gasteiger partial charge on any atom is 0.268 e. The fourth-order valence-corrected chi connectivity index (χ4v) is 2.63. The maximum absolute atomic E-state index is 11.5. The first kappa shape index (κ1) is 9.98. The van der Waals surface area contributed by atoms with Crippen molar-refractivity contribution >= 4 is 15.9 Å². The van der Waals surface area contributed by atoms with Crippen molar-refractivity contribution in [1.29, 1.82) is 0 Å². The van der Waals surface area contributed by atoms with Gasteiger partial charge in [0.1, 0.15) is 0 Å². The van der Waals surface area contributed by atoms with Gasteiger partial charge in [0.2, 0.25) is 0 Å². The summed E-state index contributed by atoms with van der Waals surface area (Å²) in [6.45, 7) is 3.24. The van der Waals surface area contributed by atoms with Crippen molar-refractivity contribution in [2.45, 2.75) is 13.8 Å². The molecule has 1 saturated heterocycles. The number of amides is 1. The second kappa shape index (κ2) is 2.99. The molecule has 0 aromatic heterocycles. The SMILES string of the molecule is C/C=C1/C(=O)N(C)S(=O)(=O)/C1=C/C. The van der Waals surface area contributed by atoms with Crippen LogP contribution in [-0.2, 0) is 14.8 Å². The molecule has 72 valence electrons. The predicted molar refractivity (Wildman–Crippen MR) is 49.2 cm³/mol. The van der Waals surface area contributed by atoms with Gasteiger partial charge in [0.25, 0.3) is 15.9 Å². The number of sulfonamides is 1. The largest absolute Gasteiger partial charge is 0.268 e. The minimum absolute atomic E-state index is 0.0995. The predicted octanol–water partition coefficient (Wildman–Crippen LogP) is 0.638. The van der Waals surface area contributed by atoms with Gasteiger partial charge >= 0.3 is 0 Å². The van der Waals surface area contributed by atoms with E-state index in [9.17, 15) is 13.2 Å². The van der Waals surface area contributed by atoms with Crippen LogP contribution in [0.25, 0.3) is 0 Å². The van der Waals surface area contributed by atoms with Gasteiger partial charge in [-0.05, 0) is 13.8 Å². The number of carbonyl (C=O) groups is 1. The van der Waals surface area contributed by atoms with E-state index < -0.39 is 15.9 Å². The van der Waals surface area contributed by atoms with Crippen LogP contribution in [0.2, 0.25) is 0 Å². The average molecular weight is 201 g/mol. The minimum Gasteiger partial charge on any atom is -0.268 e. The molecule has 0 bridgehead atoms. The molecule has 1 aliphatic heterocycles. The summed E-state index contributed by atoms with van der Waals surface area (Å²) in [5.41, 5.74) is 0.255. The van der Waals surface area contributed by atoms with E-state index in [0.29, 0.717) is 0 Å². The van der Waals surface area contributed by atoms with Crippen molar-refractivity contribution in [3.05, 3.63) is 22.6 Å². The van der Waals surface area contributed by atoms with Crippen LogP contribution in [0.4, 0.5) is 0 Å². The third kappa shape index (κ3) is 1.19. The third-order valence-electron chi connectivity index (χ3n) is 1.97. The van der Waals surface area contributed by atoms with Crippen molar-refractivity contribution in [1.82, 2.24) is 4.31 Å². The molecule has 13 heavy (non-hydrogen) atoms. The summed E-state index contributed by atoms with van der Waals surface area (Å²) < 4.78 is 23.8. The monoisotopic (exact) mass is 201 g/mol. The standard InChI is InChI=1S/C8H11NO3S/c1-4-6-7(5-2)13(11,12)9(3)8(6)10/h4-5H,1-3H3/b6-4+,7-5+. The van der Waals surface area contributed by atoms with Crippen molar-refractivity contribution in [2.24, 2.45) is 0 Å². The normalized spacial score (nSPS) is 27.6. The van der Waals surface area contributed by atoms with Crippen LogP contribution in [0, 0.1) is 0 Å². The van der Waals surface area contributed by atoms with E-state index in [4.69, 9.17) is 0 Å². The van der Waals surface area contributed by atoms with E-state index in [1.165, 1.54) is 19.2 Å². The van der Waals surface area contributed by atoms with Crippen molar-refractivity contribution in [2.75, 3.05) is 7.05 Å². The lowest BCUT2D eigenvalue weighted by atomic mass is 10.2. The molecule has 4 nitrogen and oxygen atoms in total. The van der Waals surface area contributed by atoms with Crippen molar-refractivity contribution in [3.8, 4) is 0 Å². The van der Waals surface area contributed by atoms with E-state index in [0.717, 1.165) is 4.31 Å². The molecule has 5 heteroatoms. The van der Waals surface area contributed by atoms with Crippen LogP contribution < -0.4 is 0 Å². The van der Waals surface area contributed by atoms with E-state index in [2.05, 4.69) is 0 Å². The second-order valence-electron chi connectivity index (χ2n) is 2.63.